The number of anilines is 1. The van der Waals surface area contributed by atoms with Crippen molar-refractivity contribution in [1.29, 1.82) is 0 Å². The summed E-state index contributed by atoms with van der Waals surface area (Å²) < 4.78 is 48.6. The van der Waals surface area contributed by atoms with Gasteiger partial charge in [0.1, 0.15) is 17.8 Å². The minimum Gasteiger partial charge on any atom is -0.494 e. The number of rotatable bonds is 4. The zero-order chi connectivity index (χ0) is 20.7. The third-order valence-corrected chi connectivity index (χ3v) is 5.33. The van der Waals surface area contributed by atoms with Crippen molar-refractivity contribution >= 4 is 38.8 Å². The summed E-state index contributed by atoms with van der Waals surface area (Å²) >= 11 is 3.05. The summed E-state index contributed by atoms with van der Waals surface area (Å²) in [5, 5.41) is 3.42. The molecule has 1 aliphatic heterocycles. The van der Waals surface area contributed by atoms with E-state index in [2.05, 4.69) is 26.2 Å². The van der Waals surface area contributed by atoms with E-state index < -0.39 is 23.6 Å². The van der Waals surface area contributed by atoms with E-state index in [1.807, 2.05) is 0 Å². The largest absolute Gasteiger partial charge is 0.494 e. The molecule has 0 amide bonds. The maximum Gasteiger partial charge on any atom is 0.165 e. The molecule has 0 bridgehead atoms. The lowest BCUT2D eigenvalue weighted by atomic mass is 10.0. The number of nitrogens with one attached hydrogen (secondary N) is 1. The zero-order valence-electron chi connectivity index (χ0n) is 15.2. The number of halogens is 4. The Hall–Kier alpha value is -2.65. The molecule has 2 aromatic carbocycles. The van der Waals surface area contributed by atoms with Crippen molar-refractivity contribution in [1.82, 2.24) is 10.3 Å². The van der Waals surface area contributed by atoms with Crippen LogP contribution >= 0.6 is 15.9 Å². The van der Waals surface area contributed by atoms with Crippen molar-refractivity contribution in [2.24, 2.45) is 0 Å². The monoisotopic (exact) mass is 465 g/mol. The molecule has 3 aromatic rings. The molecule has 1 unspecified atom stereocenters. The van der Waals surface area contributed by atoms with Gasteiger partial charge in [-0.15, -0.1) is 0 Å². The molecule has 9 heteroatoms. The van der Waals surface area contributed by atoms with Crippen LogP contribution in [0.2, 0.25) is 0 Å². The first-order valence-corrected chi connectivity index (χ1v) is 9.46. The van der Waals surface area contributed by atoms with Crippen molar-refractivity contribution in [3.05, 3.63) is 63.5 Å². The highest BCUT2D eigenvalue weighted by atomic mass is 79.9. The summed E-state index contributed by atoms with van der Waals surface area (Å²) in [4.78, 5) is 17.5. The molecule has 0 aliphatic carbocycles. The highest BCUT2D eigenvalue weighted by Gasteiger charge is 2.30. The maximum atomic E-state index is 14.5. The Kier molecular flexibility index (Phi) is 5.18. The van der Waals surface area contributed by atoms with Gasteiger partial charge >= 0.3 is 0 Å². The van der Waals surface area contributed by atoms with Crippen molar-refractivity contribution < 1.29 is 22.7 Å². The number of aromatic nitrogens is 1. The molecule has 1 N–H and O–H groups in total. The van der Waals surface area contributed by atoms with Crippen LogP contribution in [-0.2, 0) is 17.9 Å². The van der Waals surface area contributed by atoms with Crippen LogP contribution in [0.15, 0.2) is 34.9 Å². The number of hydrogen-bond acceptors (Lipinski definition) is 5. The lowest BCUT2D eigenvalue weighted by Crippen LogP contribution is -2.50. The third-order valence-electron chi connectivity index (χ3n) is 4.88. The molecule has 5 nitrogen and oxygen atoms in total. The highest BCUT2D eigenvalue weighted by molar-refractivity contribution is 9.10. The summed E-state index contributed by atoms with van der Waals surface area (Å²) in [6.45, 7) is 0.0677. The van der Waals surface area contributed by atoms with Gasteiger partial charge in [-0.2, -0.15) is 0 Å². The molecule has 29 heavy (non-hydrogen) atoms. The van der Waals surface area contributed by atoms with Crippen molar-refractivity contribution in [2.45, 2.75) is 19.3 Å². The van der Waals surface area contributed by atoms with E-state index in [4.69, 9.17) is 4.74 Å². The normalized spacial score (nSPS) is 16.0. The fourth-order valence-corrected chi connectivity index (χ4v) is 3.90. The van der Waals surface area contributed by atoms with Gasteiger partial charge in [-0.3, -0.25) is 15.1 Å². The lowest BCUT2D eigenvalue weighted by Gasteiger charge is -2.37. The van der Waals surface area contributed by atoms with Gasteiger partial charge in [0, 0.05) is 39.8 Å². The van der Waals surface area contributed by atoms with E-state index in [-0.39, 0.29) is 22.3 Å². The molecule has 0 fully saturated rings. The molecule has 0 saturated heterocycles. The molecular formula is C20H15BrF3N3O2. The van der Waals surface area contributed by atoms with Gasteiger partial charge in [0.2, 0.25) is 0 Å². The number of aldehydes is 1. The minimum absolute atomic E-state index is 0.0300. The Morgan fingerprint density at radius 3 is 2.62 bits per heavy atom. The van der Waals surface area contributed by atoms with Crippen LogP contribution < -0.4 is 15.0 Å². The zero-order valence-corrected chi connectivity index (χ0v) is 16.8. The number of hydrogen-bond donors (Lipinski definition) is 1. The van der Waals surface area contributed by atoms with Crippen LogP contribution in [0.4, 0.5) is 18.9 Å². The number of fused-ring (bicyclic) bond motifs is 3. The number of methoxy groups -OCH3 is 1. The maximum absolute atomic E-state index is 14.5. The van der Waals surface area contributed by atoms with E-state index in [1.165, 1.54) is 24.1 Å². The van der Waals surface area contributed by atoms with E-state index >= 15 is 0 Å². The van der Waals surface area contributed by atoms with Gasteiger partial charge in [0.05, 0.1) is 24.9 Å². The van der Waals surface area contributed by atoms with Crippen LogP contribution in [0.5, 0.6) is 5.75 Å². The summed E-state index contributed by atoms with van der Waals surface area (Å²) in [6, 6.07) is 5.01. The molecule has 0 spiro atoms. The van der Waals surface area contributed by atoms with E-state index in [0.717, 1.165) is 12.1 Å². The fourth-order valence-electron chi connectivity index (χ4n) is 3.50. The van der Waals surface area contributed by atoms with Crippen molar-refractivity contribution in [3.63, 3.8) is 0 Å². The molecule has 150 valence electrons. The number of pyridine rings is 1. The minimum atomic E-state index is -0.847. The highest BCUT2D eigenvalue weighted by Crippen LogP contribution is 2.37. The van der Waals surface area contributed by atoms with Gasteiger partial charge in [0.25, 0.3) is 0 Å². The Morgan fingerprint density at radius 2 is 1.97 bits per heavy atom. The predicted molar refractivity (Wildman–Crippen MR) is 105 cm³/mol. The Bertz CT molecular complexity index is 1100. The van der Waals surface area contributed by atoms with E-state index in [0.29, 0.717) is 35.0 Å². The second-order valence-electron chi connectivity index (χ2n) is 6.57. The average Bonchev–Trinajstić information content (AvgIpc) is 2.69. The van der Waals surface area contributed by atoms with Crippen molar-refractivity contribution in [2.75, 3.05) is 12.0 Å². The van der Waals surface area contributed by atoms with E-state index in [1.54, 1.807) is 6.20 Å². The second kappa shape index (κ2) is 7.64. The molecule has 1 atom stereocenters. The summed E-state index contributed by atoms with van der Waals surface area (Å²) in [5.41, 5.74) is 1.41. The Labute approximate surface area is 172 Å². The van der Waals surface area contributed by atoms with Crippen LogP contribution in [0.25, 0.3) is 10.9 Å². The first-order valence-electron chi connectivity index (χ1n) is 8.66. The molecular weight excluding hydrogens is 451 g/mol. The second-order valence-corrected chi connectivity index (χ2v) is 7.49. The molecule has 1 aromatic heterocycles. The number of nitrogens with zero attached hydrogens (tertiary/aromatic N) is 2. The Balaban J connectivity index is 1.91. The van der Waals surface area contributed by atoms with Crippen LogP contribution in [0.3, 0.4) is 0 Å². The molecule has 1 aliphatic rings. The van der Waals surface area contributed by atoms with E-state index in [9.17, 15) is 18.0 Å². The number of ether oxygens (including phenoxy) is 1. The lowest BCUT2D eigenvalue weighted by molar-refractivity contribution is -0.109. The van der Waals surface area contributed by atoms with Crippen molar-refractivity contribution in [3.8, 4) is 5.75 Å². The number of benzene rings is 2. The number of carbonyl (C=O) groups is 1. The third kappa shape index (κ3) is 3.44. The van der Waals surface area contributed by atoms with Gasteiger partial charge in [-0.05, 0) is 18.2 Å². The summed E-state index contributed by atoms with van der Waals surface area (Å²) in [5.74, 6) is -2.07. The van der Waals surface area contributed by atoms with Gasteiger partial charge in [-0.1, -0.05) is 15.9 Å². The molecule has 0 radical (unpaired) electrons. The quantitative estimate of drug-likeness (QED) is 0.588. The SMILES string of the molecule is COc1cc2ncc3c(c2cc1F)N(Cc1c(F)cc(Br)cc1F)C(C=O)NC3. The summed E-state index contributed by atoms with van der Waals surface area (Å²) in [6.07, 6.45) is 1.38. The smallest absolute Gasteiger partial charge is 0.165 e. The van der Waals surface area contributed by atoms with Gasteiger partial charge in [0.15, 0.2) is 17.9 Å². The topological polar surface area (TPSA) is 54.5 Å². The fraction of sp³-hybridized carbons (Fsp3) is 0.200. The summed E-state index contributed by atoms with van der Waals surface area (Å²) in [7, 11) is 1.35. The standard InChI is InChI=1S/C20H15BrF3N3O2/c1-29-18-5-17-12(4-16(18)24)20-10(6-25-17)7-26-19(9-28)27(20)8-13-14(22)2-11(21)3-15(13)23/h2-6,9,19,26H,7-8H2,1H3. The van der Waals surface area contributed by atoms with Gasteiger partial charge in [-0.25, -0.2) is 13.2 Å². The first kappa shape index (κ1) is 19.7. The van der Waals surface area contributed by atoms with Gasteiger partial charge < -0.3 is 9.64 Å². The molecule has 2 heterocycles. The van der Waals surface area contributed by atoms with Crippen LogP contribution in [0.1, 0.15) is 11.1 Å². The molecule has 0 saturated carbocycles. The van der Waals surface area contributed by atoms with Crippen LogP contribution in [0, 0.1) is 17.5 Å². The number of carbonyl (C=O) groups excluding carboxylic acids is 1. The molecule has 4 rings (SSSR count). The predicted octanol–water partition coefficient (Wildman–Crippen LogP) is 4.06. The Morgan fingerprint density at radius 1 is 1.24 bits per heavy atom. The first-order chi connectivity index (χ1) is 13.9. The average molecular weight is 466 g/mol. The van der Waals surface area contributed by atoms with Crippen LogP contribution in [-0.4, -0.2) is 24.5 Å².